The zero-order chi connectivity index (χ0) is 10.8. The molecule has 0 heterocycles. The average Bonchev–Trinajstić information content (AvgIpc) is 2.17. The molecule has 5 heteroatoms. The Hall–Kier alpha value is -0.680. The number of hydrogen-bond donors (Lipinski definition) is 0. The van der Waals surface area contributed by atoms with Gasteiger partial charge in [-0.25, -0.2) is 8.42 Å². The zero-order valence-electron chi connectivity index (χ0n) is 7.53. The second kappa shape index (κ2) is 4.23. The first-order valence-corrected chi connectivity index (χ1v) is 6.43. The molecule has 0 amide bonds. The van der Waals surface area contributed by atoms with E-state index in [0.717, 1.165) is 0 Å². The Balaban J connectivity index is 3.33. The fraction of sp³-hybridized carbons (Fsp3) is 0.222. The van der Waals surface area contributed by atoms with Crippen LogP contribution in [0.2, 0.25) is 0 Å². The van der Waals surface area contributed by atoms with E-state index in [1.165, 1.54) is 18.2 Å². The first kappa shape index (κ1) is 11.4. The minimum absolute atomic E-state index is 0.0477. The molecular formula is C9H9BrO3S. The van der Waals surface area contributed by atoms with Crippen LogP contribution < -0.4 is 0 Å². The Kier molecular flexibility index (Phi) is 3.44. The van der Waals surface area contributed by atoms with E-state index in [9.17, 15) is 13.2 Å². The van der Waals surface area contributed by atoms with Crippen LogP contribution in [-0.4, -0.2) is 20.5 Å². The van der Waals surface area contributed by atoms with Crippen molar-refractivity contribution >= 4 is 32.1 Å². The maximum atomic E-state index is 11.5. The number of carbonyl (C=O) groups excluding carboxylic acids is 1. The molecule has 0 unspecified atom stereocenters. The minimum atomic E-state index is -3.22. The van der Waals surface area contributed by atoms with Gasteiger partial charge in [-0.15, -0.1) is 0 Å². The Bertz CT molecular complexity index is 451. The van der Waals surface area contributed by atoms with Gasteiger partial charge in [0, 0.05) is 10.0 Å². The lowest BCUT2D eigenvalue weighted by Crippen LogP contribution is -2.04. The minimum Gasteiger partial charge on any atom is -0.298 e. The lowest BCUT2D eigenvalue weighted by molar-refractivity contribution is 0.112. The van der Waals surface area contributed by atoms with Crippen LogP contribution in [0, 0.1) is 0 Å². The molecule has 0 radical (unpaired) electrons. The fourth-order valence-corrected chi connectivity index (χ4v) is 3.08. The summed E-state index contributed by atoms with van der Waals surface area (Å²) in [5.41, 5.74) is 0.451. The Morgan fingerprint density at radius 1 is 1.43 bits per heavy atom. The third-order valence-corrected chi connectivity index (χ3v) is 4.51. The zero-order valence-corrected chi connectivity index (χ0v) is 9.93. The van der Waals surface area contributed by atoms with E-state index in [4.69, 9.17) is 0 Å². The number of halogens is 1. The summed E-state index contributed by atoms with van der Waals surface area (Å²) in [5.74, 6) is 0.0477. The maximum absolute atomic E-state index is 11.5. The molecule has 0 bridgehead atoms. The van der Waals surface area contributed by atoms with Crippen LogP contribution in [0.15, 0.2) is 27.6 Å². The number of benzene rings is 1. The van der Waals surface area contributed by atoms with Gasteiger partial charge in [-0.1, -0.05) is 13.0 Å². The van der Waals surface area contributed by atoms with Gasteiger partial charge in [-0.05, 0) is 28.1 Å². The van der Waals surface area contributed by atoms with Crippen LogP contribution in [0.3, 0.4) is 0 Å². The molecule has 1 aromatic carbocycles. The van der Waals surface area contributed by atoms with Crippen LogP contribution in [0.1, 0.15) is 17.3 Å². The van der Waals surface area contributed by atoms with Crippen molar-refractivity contribution in [3.8, 4) is 0 Å². The summed E-state index contributed by atoms with van der Waals surface area (Å²) < 4.78 is 23.4. The SMILES string of the molecule is CCS(=O)(=O)c1ccc(C=O)cc1Br. The van der Waals surface area contributed by atoms with Gasteiger partial charge < -0.3 is 0 Å². The molecule has 0 atom stereocenters. The number of rotatable bonds is 3. The van der Waals surface area contributed by atoms with E-state index in [2.05, 4.69) is 15.9 Å². The Labute approximate surface area is 91.2 Å². The molecular weight excluding hydrogens is 268 g/mol. The second-order valence-corrected chi connectivity index (χ2v) is 5.81. The standard InChI is InChI=1S/C9H9BrO3S/c1-2-14(12,13)9-4-3-7(6-11)5-8(9)10/h3-6H,2H2,1H3. The third-order valence-electron chi connectivity index (χ3n) is 1.81. The summed E-state index contributed by atoms with van der Waals surface area (Å²) in [6.45, 7) is 1.58. The second-order valence-electron chi connectivity index (χ2n) is 2.71. The first-order chi connectivity index (χ1) is 6.51. The van der Waals surface area contributed by atoms with Gasteiger partial charge in [-0.3, -0.25) is 4.79 Å². The third kappa shape index (κ3) is 2.22. The quantitative estimate of drug-likeness (QED) is 0.794. The van der Waals surface area contributed by atoms with Crippen molar-refractivity contribution in [2.75, 3.05) is 5.75 Å². The molecule has 0 saturated carbocycles. The fourth-order valence-electron chi connectivity index (χ4n) is 0.998. The predicted molar refractivity (Wildman–Crippen MR) is 57.3 cm³/mol. The molecule has 14 heavy (non-hydrogen) atoms. The lowest BCUT2D eigenvalue weighted by Gasteiger charge is -2.04. The molecule has 0 fully saturated rings. The van der Waals surface area contributed by atoms with E-state index in [1.807, 2.05) is 0 Å². The number of aldehydes is 1. The maximum Gasteiger partial charge on any atom is 0.179 e. The highest BCUT2D eigenvalue weighted by atomic mass is 79.9. The molecule has 0 spiro atoms. The van der Waals surface area contributed by atoms with Crippen LogP contribution in [0.5, 0.6) is 0 Å². The van der Waals surface area contributed by atoms with Crippen LogP contribution in [0.25, 0.3) is 0 Å². The van der Waals surface area contributed by atoms with Crippen LogP contribution in [0.4, 0.5) is 0 Å². The van der Waals surface area contributed by atoms with Gasteiger partial charge in [0.05, 0.1) is 10.6 Å². The Morgan fingerprint density at radius 2 is 2.07 bits per heavy atom. The molecule has 1 aromatic rings. The predicted octanol–water partition coefficient (Wildman–Crippen LogP) is 2.06. The molecule has 1 rings (SSSR count). The van der Waals surface area contributed by atoms with E-state index in [-0.39, 0.29) is 10.6 Å². The molecule has 0 saturated heterocycles. The molecule has 0 N–H and O–H groups in total. The number of sulfone groups is 1. The van der Waals surface area contributed by atoms with E-state index in [0.29, 0.717) is 16.3 Å². The van der Waals surface area contributed by atoms with Crippen molar-refractivity contribution in [2.24, 2.45) is 0 Å². The molecule has 0 aliphatic carbocycles. The smallest absolute Gasteiger partial charge is 0.179 e. The summed E-state index contributed by atoms with van der Waals surface area (Å²) in [6.07, 6.45) is 0.674. The molecule has 0 aliphatic rings. The molecule has 76 valence electrons. The summed E-state index contributed by atoms with van der Waals surface area (Å²) in [4.78, 5) is 10.6. The molecule has 0 aliphatic heterocycles. The highest BCUT2D eigenvalue weighted by molar-refractivity contribution is 9.10. The van der Waals surface area contributed by atoms with E-state index < -0.39 is 9.84 Å². The van der Waals surface area contributed by atoms with Crippen LogP contribution in [-0.2, 0) is 9.84 Å². The number of hydrogen-bond acceptors (Lipinski definition) is 3. The van der Waals surface area contributed by atoms with Crippen LogP contribution >= 0.6 is 15.9 Å². The van der Waals surface area contributed by atoms with Gasteiger partial charge in [-0.2, -0.15) is 0 Å². The largest absolute Gasteiger partial charge is 0.298 e. The van der Waals surface area contributed by atoms with Crippen molar-refractivity contribution in [1.29, 1.82) is 0 Å². The van der Waals surface area contributed by atoms with Gasteiger partial charge in [0.2, 0.25) is 0 Å². The number of carbonyl (C=O) groups is 1. The lowest BCUT2D eigenvalue weighted by atomic mass is 10.2. The average molecular weight is 277 g/mol. The van der Waals surface area contributed by atoms with Crippen molar-refractivity contribution in [3.05, 3.63) is 28.2 Å². The van der Waals surface area contributed by atoms with Gasteiger partial charge >= 0.3 is 0 Å². The summed E-state index contributed by atoms with van der Waals surface area (Å²) in [5, 5.41) is 0. The first-order valence-electron chi connectivity index (χ1n) is 3.98. The van der Waals surface area contributed by atoms with E-state index >= 15 is 0 Å². The van der Waals surface area contributed by atoms with E-state index in [1.54, 1.807) is 6.92 Å². The highest BCUT2D eigenvalue weighted by Gasteiger charge is 2.15. The summed E-state index contributed by atoms with van der Waals surface area (Å²) in [6, 6.07) is 4.42. The van der Waals surface area contributed by atoms with Gasteiger partial charge in [0.1, 0.15) is 6.29 Å². The topological polar surface area (TPSA) is 51.2 Å². The molecule has 0 aromatic heterocycles. The monoisotopic (exact) mass is 276 g/mol. The normalized spacial score (nSPS) is 11.3. The van der Waals surface area contributed by atoms with Gasteiger partial charge in [0.15, 0.2) is 9.84 Å². The van der Waals surface area contributed by atoms with Crippen molar-refractivity contribution < 1.29 is 13.2 Å². The Morgan fingerprint density at radius 3 is 2.50 bits per heavy atom. The summed E-state index contributed by atoms with van der Waals surface area (Å²) in [7, 11) is -3.22. The van der Waals surface area contributed by atoms with Crippen molar-refractivity contribution in [1.82, 2.24) is 0 Å². The van der Waals surface area contributed by atoms with Gasteiger partial charge in [0.25, 0.3) is 0 Å². The summed E-state index contributed by atoms with van der Waals surface area (Å²) >= 11 is 3.13. The van der Waals surface area contributed by atoms with Crippen molar-refractivity contribution in [2.45, 2.75) is 11.8 Å². The highest BCUT2D eigenvalue weighted by Crippen LogP contribution is 2.23. The molecule has 3 nitrogen and oxygen atoms in total. The van der Waals surface area contributed by atoms with Crippen molar-refractivity contribution in [3.63, 3.8) is 0 Å².